The molecule has 3 aromatic rings. The van der Waals surface area contributed by atoms with Crippen molar-refractivity contribution in [2.75, 3.05) is 16.8 Å². The highest BCUT2D eigenvalue weighted by Gasteiger charge is 2.23. The number of halogens is 2. The van der Waals surface area contributed by atoms with Crippen molar-refractivity contribution in [1.29, 1.82) is 0 Å². The normalized spacial score (nSPS) is 13.6. The summed E-state index contributed by atoms with van der Waals surface area (Å²) in [6, 6.07) is 15.8. The molecule has 5 nitrogen and oxygen atoms in total. The molecule has 0 bridgehead atoms. The number of anilines is 2. The van der Waals surface area contributed by atoms with Crippen LogP contribution in [0, 0.1) is 0 Å². The third-order valence-electron chi connectivity index (χ3n) is 4.75. The first-order valence-electron chi connectivity index (χ1n) is 9.15. The second kappa shape index (κ2) is 8.23. The van der Waals surface area contributed by atoms with E-state index in [1.54, 1.807) is 47.5 Å². The second-order valence-corrected chi connectivity index (χ2v) is 7.49. The molecule has 2 aromatic carbocycles. The molecule has 1 fully saturated rings. The molecular formula is C22H17Cl2N3O2. The van der Waals surface area contributed by atoms with Gasteiger partial charge in [-0.25, -0.2) is 0 Å². The molecule has 1 aliphatic heterocycles. The molecule has 0 saturated carbocycles. The van der Waals surface area contributed by atoms with Gasteiger partial charge in [-0.05, 0) is 55.0 Å². The van der Waals surface area contributed by atoms with Gasteiger partial charge in [0.05, 0.1) is 21.3 Å². The smallest absolute Gasteiger partial charge is 0.257 e. The summed E-state index contributed by atoms with van der Waals surface area (Å²) in [7, 11) is 0. The Hall–Kier alpha value is -2.89. The van der Waals surface area contributed by atoms with Crippen molar-refractivity contribution in [3.63, 3.8) is 0 Å². The van der Waals surface area contributed by atoms with E-state index >= 15 is 0 Å². The lowest BCUT2D eigenvalue weighted by atomic mass is 10.1. The number of carbonyl (C=O) groups excluding carboxylic acids is 2. The van der Waals surface area contributed by atoms with Crippen LogP contribution in [0.15, 0.2) is 60.8 Å². The summed E-state index contributed by atoms with van der Waals surface area (Å²) >= 11 is 12.6. The minimum Gasteiger partial charge on any atom is -0.322 e. The van der Waals surface area contributed by atoms with Crippen LogP contribution in [0.25, 0.3) is 11.3 Å². The molecule has 29 heavy (non-hydrogen) atoms. The van der Waals surface area contributed by atoms with Crippen molar-refractivity contribution in [2.24, 2.45) is 0 Å². The highest BCUT2D eigenvalue weighted by Crippen LogP contribution is 2.31. The second-order valence-electron chi connectivity index (χ2n) is 6.68. The third-order valence-corrected chi connectivity index (χ3v) is 5.39. The minimum absolute atomic E-state index is 0.0708. The van der Waals surface area contributed by atoms with Gasteiger partial charge in [0.25, 0.3) is 5.91 Å². The number of carbonyl (C=O) groups is 2. The van der Waals surface area contributed by atoms with Crippen molar-refractivity contribution in [3.05, 3.63) is 76.4 Å². The maximum atomic E-state index is 12.7. The summed E-state index contributed by atoms with van der Waals surface area (Å²) in [6.45, 7) is 0.668. The zero-order valence-corrected chi connectivity index (χ0v) is 16.9. The van der Waals surface area contributed by atoms with Gasteiger partial charge in [0.2, 0.25) is 5.91 Å². The summed E-state index contributed by atoms with van der Waals surface area (Å²) in [5.74, 6) is -0.273. The van der Waals surface area contributed by atoms with E-state index in [4.69, 9.17) is 23.2 Å². The van der Waals surface area contributed by atoms with Crippen LogP contribution in [0.3, 0.4) is 0 Å². The van der Waals surface area contributed by atoms with Gasteiger partial charge in [-0.1, -0.05) is 29.3 Å². The third kappa shape index (κ3) is 4.11. The Kier molecular flexibility index (Phi) is 5.51. The van der Waals surface area contributed by atoms with Gasteiger partial charge in [0.15, 0.2) is 0 Å². The van der Waals surface area contributed by atoms with Crippen molar-refractivity contribution in [3.8, 4) is 11.3 Å². The van der Waals surface area contributed by atoms with E-state index in [1.807, 2.05) is 18.2 Å². The van der Waals surface area contributed by atoms with Gasteiger partial charge in [-0.2, -0.15) is 0 Å². The maximum absolute atomic E-state index is 12.7. The molecule has 0 radical (unpaired) electrons. The van der Waals surface area contributed by atoms with E-state index in [9.17, 15) is 9.59 Å². The van der Waals surface area contributed by atoms with Crippen LogP contribution < -0.4 is 10.2 Å². The molecule has 1 N–H and O–H groups in total. The number of benzene rings is 2. The van der Waals surface area contributed by atoms with Crippen molar-refractivity contribution in [1.82, 2.24) is 4.98 Å². The lowest BCUT2D eigenvalue weighted by Gasteiger charge is -2.17. The highest BCUT2D eigenvalue weighted by molar-refractivity contribution is 6.35. The van der Waals surface area contributed by atoms with Crippen LogP contribution in [-0.4, -0.2) is 23.3 Å². The fraction of sp³-hybridized carbons (Fsp3) is 0.136. The molecule has 7 heteroatoms. The SMILES string of the molecule is O=C(Nc1ccc(Cl)c(-c2ccccn2)c1)c1ccc(N2CCCC2=O)cc1Cl. The number of pyridine rings is 1. The molecule has 0 atom stereocenters. The Labute approximate surface area is 178 Å². The molecule has 1 saturated heterocycles. The number of aromatic nitrogens is 1. The predicted octanol–water partition coefficient (Wildman–Crippen LogP) is 5.43. The minimum atomic E-state index is -0.344. The lowest BCUT2D eigenvalue weighted by molar-refractivity contribution is -0.117. The number of amides is 2. The number of hydrogen-bond acceptors (Lipinski definition) is 3. The molecule has 4 rings (SSSR count). The number of nitrogens with one attached hydrogen (secondary N) is 1. The molecule has 2 heterocycles. The van der Waals surface area contributed by atoms with Crippen LogP contribution >= 0.6 is 23.2 Å². The quantitative estimate of drug-likeness (QED) is 0.605. The summed E-state index contributed by atoms with van der Waals surface area (Å²) in [4.78, 5) is 30.6. The van der Waals surface area contributed by atoms with E-state index in [0.29, 0.717) is 45.6 Å². The summed E-state index contributed by atoms with van der Waals surface area (Å²) in [5.41, 5.74) is 3.05. The van der Waals surface area contributed by atoms with Gasteiger partial charge in [-0.3, -0.25) is 14.6 Å². The first-order valence-corrected chi connectivity index (χ1v) is 9.91. The largest absolute Gasteiger partial charge is 0.322 e. The van der Waals surface area contributed by atoms with Crippen LogP contribution in [-0.2, 0) is 4.79 Å². The molecule has 2 amide bonds. The zero-order valence-electron chi connectivity index (χ0n) is 15.4. The maximum Gasteiger partial charge on any atom is 0.257 e. The van der Waals surface area contributed by atoms with E-state index in [2.05, 4.69) is 10.3 Å². The molecule has 0 spiro atoms. The van der Waals surface area contributed by atoms with Crippen LogP contribution in [0.1, 0.15) is 23.2 Å². The molecule has 1 aliphatic rings. The fourth-order valence-corrected chi connectivity index (χ4v) is 3.77. The summed E-state index contributed by atoms with van der Waals surface area (Å²) < 4.78 is 0. The van der Waals surface area contributed by atoms with Gasteiger partial charge in [0.1, 0.15) is 0 Å². The summed E-state index contributed by atoms with van der Waals surface area (Å²) in [5, 5.41) is 3.68. The topological polar surface area (TPSA) is 62.3 Å². The van der Waals surface area contributed by atoms with Gasteiger partial charge in [0, 0.05) is 36.1 Å². The zero-order chi connectivity index (χ0) is 20.4. The number of hydrogen-bond donors (Lipinski definition) is 1. The Balaban J connectivity index is 1.56. The van der Waals surface area contributed by atoms with Gasteiger partial charge >= 0.3 is 0 Å². The van der Waals surface area contributed by atoms with Crippen LogP contribution in [0.5, 0.6) is 0 Å². The molecule has 1 aromatic heterocycles. The Morgan fingerprint density at radius 2 is 1.90 bits per heavy atom. The van der Waals surface area contributed by atoms with Crippen molar-refractivity contribution in [2.45, 2.75) is 12.8 Å². The van der Waals surface area contributed by atoms with Crippen LogP contribution in [0.2, 0.25) is 10.0 Å². The fourth-order valence-electron chi connectivity index (χ4n) is 3.30. The van der Waals surface area contributed by atoms with E-state index in [-0.39, 0.29) is 11.8 Å². The summed E-state index contributed by atoms with van der Waals surface area (Å²) in [6.07, 6.45) is 3.05. The number of nitrogens with zero attached hydrogens (tertiary/aromatic N) is 2. The Morgan fingerprint density at radius 3 is 2.59 bits per heavy atom. The van der Waals surface area contributed by atoms with Gasteiger partial charge < -0.3 is 10.2 Å². The van der Waals surface area contributed by atoms with E-state index in [1.165, 1.54) is 0 Å². The monoisotopic (exact) mass is 425 g/mol. The predicted molar refractivity (Wildman–Crippen MR) is 116 cm³/mol. The first kappa shape index (κ1) is 19.4. The van der Waals surface area contributed by atoms with Crippen molar-refractivity contribution >= 4 is 46.4 Å². The average Bonchev–Trinajstić information content (AvgIpc) is 3.16. The number of rotatable bonds is 4. The lowest BCUT2D eigenvalue weighted by Crippen LogP contribution is -2.23. The first-order chi connectivity index (χ1) is 14.0. The van der Waals surface area contributed by atoms with Crippen LogP contribution in [0.4, 0.5) is 11.4 Å². The highest BCUT2D eigenvalue weighted by atomic mass is 35.5. The Bertz CT molecular complexity index is 1090. The molecular weight excluding hydrogens is 409 g/mol. The van der Waals surface area contributed by atoms with Crippen molar-refractivity contribution < 1.29 is 9.59 Å². The van der Waals surface area contributed by atoms with E-state index < -0.39 is 0 Å². The van der Waals surface area contributed by atoms with Gasteiger partial charge in [-0.15, -0.1) is 0 Å². The standard InChI is InChI=1S/C22H17Cl2N3O2/c23-18-9-6-14(12-17(18)20-4-1-2-10-25-20)26-22(29)16-8-7-15(13-19(16)24)27-11-3-5-21(27)28/h1-2,4,6-10,12-13H,3,5,11H2,(H,26,29). The Morgan fingerprint density at radius 1 is 1.03 bits per heavy atom. The molecule has 146 valence electrons. The average molecular weight is 426 g/mol. The van der Waals surface area contributed by atoms with E-state index in [0.717, 1.165) is 12.0 Å². The molecule has 0 aliphatic carbocycles. The molecule has 0 unspecified atom stereocenters.